The highest BCUT2D eigenvalue weighted by Gasteiger charge is 2.13. The molecule has 0 saturated heterocycles. The summed E-state index contributed by atoms with van der Waals surface area (Å²) in [7, 11) is 0. The first kappa shape index (κ1) is 8.77. The summed E-state index contributed by atoms with van der Waals surface area (Å²) < 4.78 is 21.3. The molecule has 1 aromatic rings. The number of hydrogen-bond donors (Lipinski definition) is 0. The van der Waals surface area contributed by atoms with Gasteiger partial charge in [-0.1, -0.05) is 0 Å². The normalized spacial score (nSPS) is 12.5. The Morgan fingerprint density at radius 2 is 2.58 bits per heavy atom. The van der Waals surface area contributed by atoms with Crippen molar-refractivity contribution in [3.05, 3.63) is 24.2 Å². The second kappa shape index (κ2) is 3.90. The average molecular weight is 172 g/mol. The van der Waals surface area contributed by atoms with Crippen LogP contribution in [0.4, 0.5) is 4.39 Å². The second-order valence-electron chi connectivity index (χ2n) is 2.35. The van der Waals surface area contributed by atoms with Crippen molar-refractivity contribution in [2.75, 3.05) is 6.67 Å². The van der Waals surface area contributed by atoms with Crippen LogP contribution in [0.2, 0.25) is 0 Å². The summed E-state index contributed by atoms with van der Waals surface area (Å²) in [4.78, 5) is 11.0. The lowest BCUT2D eigenvalue weighted by atomic mass is 10.4. The van der Waals surface area contributed by atoms with Gasteiger partial charge in [-0.15, -0.1) is 0 Å². The third kappa shape index (κ3) is 2.08. The summed E-state index contributed by atoms with van der Waals surface area (Å²) in [6, 6.07) is 3.03. The zero-order valence-corrected chi connectivity index (χ0v) is 6.62. The van der Waals surface area contributed by atoms with E-state index in [1.54, 1.807) is 6.07 Å². The molecule has 0 aromatic carbocycles. The average Bonchev–Trinajstić information content (AvgIpc) is 2.56. The lowest BCUT2D eigenvalue weighted by Gasteiger charge is -2.06. The van der Waals surface area contributed by atoms with Gasteiger partial charge < -0.3 is 9.15 Å². The number of ether oxygens (including phenoxy) is 1. The Balaban J connectivity index is 2.50. The number of esters is 1. The van der Waals surface area contributed by atoms with Crippen molar-refractivity contribution in [3.8, 4) is 0 Å². The minimum Gasteiger partial charge on any atom is -0.457 e. The minimum atomic E-state index is -0.720. The topological polar surface area (TPSA) is 39.4 Å². The predicted molar refractivity (Wildman–Crippen MR) is 39.6 cm³/mol. The molecule has 12 heavy (non-hydrogen) atoms. The van der Waals surface area contributed by atoms with Crippen molar-refractivity contribution in [1.29, 1.82) is 0 Å². The molecule has 0 fully saturated rings. The number of rotatable bonds is 3. The third-order valence-corrected chi connectivity index (χ3v) is 1.25. The van der Waals surface area contributed by atoms with Crippen molar-refractivity contribution in [1.82, 2.24) is 0 Å². The SMILES string of the molecule is C[C@@H](CF)OC(=O)c1ccco1. The maximum absolute atomic E-state index is 11.9. The fourth-order valence-corrected chi connectivity index (χ4v) is 0.667. The van der Waals surface area contributed by atoms with Crippen LogP contribution in [0.3, 0.4) is 0 Å². The van der Waals surface area contributed by atoms with E-state index in [2.05, 4.69) is 4.74 Å². The maximum Gasteiger partial charge on any atom is 0.374 e. The highest BCUT2D eigenvalue weighted by molar-refractivity contribution is 5.86. The van der Waals surface area contributed by atoms with Gasteiger partial charge in [0.2, 0.25) is 5.76 Å². The molecule has 0 aliphatic rings. The van der Waals surface area contributed by atoms with Crippen LogP contribution < -0.4 is 0 Å². The van der Waals surface area contributed by atoms with Gasteiger partial charge in [0.15, 0.2) is 0 Å². The molecule has 0 N–H and O–H groups in total. The lowest BCUT2D eigenvalue weighted by Crippen LogP contribution is -2.16. The molecule has 0 spiro atoms. The molecule has 0 aliphatic carbocycles. The van der Waals surface area contributed by atoms with Crippen LogP contribution in [0.25, 0.3) is 0 Å². The van der Waals surface area contributed by atoms with E-state index < -0.39 is 18.7 Å². The van der Waals surface area contributed by atoms with Crippen LogP contribution in [-0.2, 0) is 4.74 Å². The van der Waals surface area contributed by atoms with E-state index >= 15 is 0 Å². The first-order valence-electron chi connectivity index (χ1n) is 3.54. The molecule has 0 bridgehead atoms. The van der Waals surface area contributed by atoms with Crippen LogP contribution in [0.5, 0.6) is 0 Å². The highest BCUT2D eigenvalue weighted by atomic mass is 19.1. The Bertz CT molecular complexity index is 243. The van der Waals surface area contributed by atoms with Gasteiger partial charge in [-0.25, -0.2) is 9.18 Å². The molecule has 0 radical (unpaired) electrons. The summed E-state index contributed by atoms with van der Waals surface area (Å²) in [5.74, 6) is -0.541. The Morgan fingerprint density at radius 3 is 3.08 bits per heavy atom. The molecule has 1 aromatic heterocycles. The van der Waals surface area contributed by atoms with E-state index in [4.69, 9.17) is 4.42 Å². The molecule has 0 aliphatic heterocycles. The first-order chi connectivity index (χ1) is 5.74. The van der Waals surface area contributed by atoms with E-state index in [9.17, 15) is 9.18 Å². The summed E-state index contributed by atoms with van der Waals surface area (Å²) >= 11 is 0. The number of carbonyl (C=O) groups excluding carboxylic acids is 1. The standard InChI is InChI=1S/C8H9FO3/c1-6(5-9)12-8(10)7-3-2-4-11-7/h2-4,6H,5H2,1H3/t6-/m0/s1. The van der Waals surface area contributed by atoms with Crippen LogP contribution in [0.15, 0.2) is 22.8 Å². The Morgan fingerprint density at radius 1 is 1.83 bits per heavy atom. The van der Waals surface area contributed by atoms with E-state index in [0.29, 0.717) is 0 Å². The third-order valence-electron chi connectivity index (χ3n) is 1.25. The largest absolute Gasteiger partial charge is 0.457 e. The van der Waals surface area contributed by atoms with Gasteiger partial charge in [-0.05, 0) is 19.1 Å². The monoisotopic (exact) mass is 172 g/mol. The summed E-state index contributed by atoms with van der Waals surface area (Å²) in [6.45, 7) is 0.785. The van der Waals surface area contributed by atoms with E-state index in [1.165, 1.54) is 19.3 Å². The fraction of sp³-hybridized carbons (Fsp3) is 0.375. The molecule has 0 amide bonds. The van der Waals surface area contributed by atoms with E-state index in [0.717, 1.165) is 0 Å². The lowest BCUT2D eigenvalue weighted by molar-refractivity contribution is 0.0252. The summed E-state index contributed by atoms with van der Waals surface area (Å²) in [5, 5.41) is 0. The number of furan rings is 1. The molecule has 66 valence electrons. The van der Waals surface area contributed by atoms with Crippen LogP contribution in [-0.4, -0.2) is 18.7 Å². The van der Waals surface area contributed by atoms with Crippen LogP contribution in [0, 0.1) is 0 Å². The van der Waals surface area contributed by atoms with Gasteiger partial charge in [-0.2, -0.15) is 0 Å². The Labute approximate surface area is 69.1 Å². The zero-order chi connectivity index (χ0) is 8.97. The smallest absolute Gasteiger partial charge is 0.374 e. The Kier molecular flexibility index (Phi) is 2.85. The molecule has 4 heteroatoms. The second-order valence-corrected chi connectivity index (χ2v) is 2.35. The van der Waals surface area contributed by atoms with Gasteiger partial charge >= 0.3 is 5.97 Å². The first-order valence-corrected chi connectivity index (χ1v) is 3.54. The number of alkyl halides is 1. The molecule has 1 atom stereocenters. The van der Waals surface area contributed by atoms with Crippen LogP contribution >= 0.6 is 0 Å². The zero-order valence-electron chi connectivity index (χ0n) is 6.62. The molecular weight excluding hydrogens is 163 g/mol. The minimum absolute atomic E-state index is 0.0929. The fourth-order valence-electron chi connectivity index (χ4n) is 0.667. The van der Waals surface area contributed by atoms with Crippen molar-refractivity contribution < 1.29 is 18.3 Å². The Hall–Kier alpha value is -1.32. The molecule has 1 heterocycles. The number of hydrogen-bond acceptors (Lipinski definition) is 3. The molecule has 1 rings (SSSR count). The predicted octanol–water partition coefficient (Wildman–Crippen LogP) is 1.79. The van der Waals surface area contributed by atoms with Crippen molar-refractivity contribution in [3.63, 3.8) is 0 Å². The van der Waals surface area contributed by atoms with Gasteiger partial charge in [0.1, 0.15) is 12.8 Å². The quantitative estimate of drug-likeness (QED) is 0.652. The number of carbonyl (C=O) groups is 1. The molecule has 3 nitrogen and oxygen atoms in total. The highest BCUT2D eigenvalue weighted by Crippen LogP contribution is 2.04. The van der Waals surface area contributed by atoms with Crippen molar-refractivity contribution in [2.24, 2.45) is 0 Å². The molecule has 0 saturated carbocycles. The van der Waals surface area contributed by atoms with Gasteiger partial charge in [0.25, 0.3) is 0 Å². The van der Waals surface area contributed by atoms with Crippen molar-refractivity contribution >= 4 is 5.97 Å². The number of halogens is 1. The molecular formula is C8H9FO3. The van der Waals surface area contributed by atoms with Gasteiger partial charge in [0, 0.05) is 0 Å². The maximum atomic E-state index is 11.9. The molecule has 0 unspecified atom stereocenters. The van der Waals surface area contributed by atoms with E-state index in [-0.39, 0.29) is 5.76 Å². The van der Waals surface area contributed by atoms with E-state index in [1.807, 2.05) is 0 Å². The van der Waals surface area contributed by atoms with Crippen LogP contribution in [0.1, 0.15) is 17.5 Å². The van der Waals surface area contributed by atoms with Gasteiger partial charge in [0.05, 0.1) is 6.26 Å². The summed E-state index contributed by atoms with van der Waals surface area (Å²) in [6.07, 6.45) is 0.638. The summed E-state index contributed by atoms with van der Waals surface area (Å²) in [5.41, 5.74) is 0. The van der Waals surface area contributed by atoms with Crippen molar-refractivity contribution in [2.45, 2.75) is 13.0 Å². The van der Waals surface area contributed by atoms with Gasteiger partial charge in [-0.3, -0.25) is 0 Å².